The molecule has 0 radical (unpaired) electrons. The molecule has 11 N–H and O–H groups in total. The van der Waals surface area contributed by atoms with Crippen molar-refractivity contribution in [1.82, 2.24) is 0 Å². The number of ether oxygens (including phenoxy) is 5. The summed E-state index contributed by atoms with van der Waals surface area (Å²) in [4.78, 5) is 26.0. The third-order valence-corrected chi connectivity index (χ3v) is 11.9. The van der Waals surface area contributed by atoms with E-state index in [0.717, 1.165) is 0 Å². The van der Waals surface area contributed by atoms with Gasteiger partial charge in [-0.15, -0.1) is 0 Å². The summed E-state index contributed by atoms with van der Waals surface area (Å²) in [5.74, 6) is -3.45. The van der Waals surface area contributed by atoms with Crippen molar-refractivity contribution in [3.8, 4) is 0 Å². The Morgan fingerprint density at radius 2 is 1.28 bits per heavy atom. The van der Waals surface area contributed by atoms with Crippen molar-refractivity contribution in [2.24, 2.45) is 23.5 Å². The molecule has 17 heteroatoms. The molecule has 0 saturated carbocycles. The number of allylic oxidation sites excluding steroid dienone is 12. The summed E-state index contributed by atoms with van der Waals surface area (Å²) >= 11 is 0. The van der Waals surface area contributed by atoms with E-state index in [9.17, 15) is 55.5 Å². The van der Waals surface area contributed by atoms with Crippen LogP contribution >= 0.6 is 0 Å². The van der Waals surface area contributed by atoms with Gasteiger partial charge in [0, 0.05) is 31.1 Å². The minimum Gasteiger partial charge on any atom is -0.494 e. The maximum atomic E-state index is 13.3. The zero-order valence-electron chi connectivity index (χ0n) is 39.0. The molecule has 1 fully saturated rings. The molecule has 0 aromatic heterocycles. The van der Waals surface area contributed by atoms with E-state index in [1.54, 1.807) is 63.3 Å². The van der Waals surface area contributed by atoms with Crippen LogP contribution in [0.2, 0.25) is 0 Å². The Balaban J connectivity index is 1.89. The highest BCUT2D eigenvalue weighted by atomic mass is 16.7. The van der Waals surface area contributed by atoms with Crippen LogP contribution in [0, 0.1) is 17.8 Å². The summed E-state index contributed by atoms with van der Waals surface area (Å²) in [7, 11) is 0. The van der Waals surface area contributed by atoms with Crippen molar-refractivity contribution in [3.05, 3.63) is 110 Å². The summed E-state index contributed by atoms with van der Waals surface area (Å²) in [6.07, 6.45) is 9.54. The summed E-state index contributed by atoms with van der Waals surface area (Å²) in [6, 6.07) is -1.10. The van der Waals surface area contributed by atoms with Crippen molar-refractivity contribution in [2.45, 2.75) is 164 Å². The number of nitrogens with two attached hydrogens (primary N) is 1. The molecule has 0 unspecified atom stereocenters. The highest BCUT2D eigenvalue weighted by Crippen LogP contribution is 2.33. The van der Waals surface area contributed by atoms with Gasteiger partial charge in [0.1, 0.15) is 30.8 Å². The lowest BCUT2D eigenvalue weighted by Crippen LogP contribution is -2.61. The lowest BCUT2D eigenvalue weighted by molar-refractivity contribution is -0.277. The fraction of sp³-hybridized carbons (Fsp3) is 0.600. The molecule has 0 amide bonds. The van der Waals surface area contributed by atoms with Gasteiger partial charge < -0.3 is 75.4 Å². The molecule has 3 heterocycles. The Hall–Kier alpha value is -4.08. The van der Waals surface area contributed by atoms with Crippen LogP contribution in [0.5, 0.6) is 0 Å². The third kappa shape index (κ3) is 19.8. The van der Waals surface area contributed by atoms with Gasteiger partial charge in [-0.1, -0.05) is 112 Å². The van der Waals surface area contributed by atoms with Crippen molar-refractivity contribution < 1.29 is 79.2 Å². The molecule has 67 heavy (non-hydrogen) atoms. The fourth-order valence-electron chi connectivity index (χ4n) is 7.74. The van der Waals surface area contributed by atoms with Crippen molar-refractivity contribution in [2.75, 3.05) is 6.61 Å². The molecule has 18 atom stereocenters. The number of fused-ring (bicyclic) bond motifs is 2. The van der Waals surface area contributed by atoms with Gasteiger partial charge >= 0.3 is 11.9 Å². The van der Waals surface area contributed by atoms with E-state index in [1.807, 2.05) is 49.5 Å². The first-order chi connectivity index (χ1) is 31.8. The predicted octanol–water partition coefficient (Wildman–Crippen LogP) is 2.16. The molecule has 3 rings (SSSR count). The first kappa shape index (κ1) is 57.2. The molecule has 3 aliphatic rings. The maximum Gasteiger partial charge on any atom is 0.316 e. The maximum absolute atomic E-state index is 13.3. The minimum absolute atomic E-state index is 0.0575. The smallest absolute Gasteiger partial charge is 0.316 e. The highest BCUT2D eigenvalue weighted by molar-refractivity contribution is 5.74. The van der Waals surface area contributed by atoms with Crippen LogP contribution in [0.1, 0.15) is 72.6 Å². The first-order valence-corrected chi connectivity index (χ1v) is 23.0. The Kier molecular flexibility index (Phi) is 25.4. The molecule has 2 bridgehead atoms. The fourth-order valence-corrected chi connectivity index (χ4v) is 7.74. The van der Waals surface area contributed by atoms with E-state index < -0.39 is 122 Å². The van der Waals surface area contributed by atoms with Crippen LogP contribution in [0.3, 0.4) is 0 Å². The van der Waals surface area contributed by atoms with Gasteiger partial charge in [-0.25, -0.2) is 0 Å². The monoisotopic (exact) mass is 946 g/mol. The van der Waals surface area contributed by atoms with E-state index in [4.69, 9.17) is 29.4 Å². The molecule has 0 spiro atoms. The largest absolute Gasteiger partial charge is 0.494 e. The van der Waals surface area contributed by atoms with Crippen LogP contribution < -0.4 is 5.73 Å². The van der Waals surface area contributed by atoms with E-state index in [1.165, 1.54) is 12.2 Å². The van der Waals surface area contributed by atoms with Crippen LogP contribution in [0.25, 0.3) is 0 Å². The molecule has 3 aliphatic heterocycles. The van der Waals surface area contributed by atoms with E-state index in [-0.39, 0.29) is 56.8 Å². The number of aliphatic hydroxyl groups excluding tert-OH is 9. The zero-order chi connectivity index (χ0) is 49.6. The van der Waals surface area contributed by atoms with Gasteiger partial charge in [0.25, 0.3) is 0 Å². The minimum atomic E-state index is -1.47. The number of carbonyl (C=O) groups is 2. The third-order valence-electron chi connectivity index (χ3n) is 11.9. The van der Waals surface area contributed by atoms with E-state index in [0.29, 0.717) is 0 Å². The average Bonchev–Trinajstić information content (AvgIpc) is 3.27. The zero-order valence-corrected chi connectivity index (χ0v) is 39.0. The second-order valence-corrected chi connectivity index (χ2v) is 17.6. The number of aliphatic hydroxyl groups is 9. The molecule has 1 saturated heterocycles. The van der Waals surface area contributed by atoms with Crippen molar-refractivity contribution >= 4 is 11.9 Å². The summed E-state index contributed by atoms with van der Waals surface area (Å²) in [6.45, 7) is 10.2. The summed E-state index contributed by atoms with van der Waals surface area (Å²) in [5.41, 5.74) is 6.08. The van der Waals surface area contributed by atoms with E-state index >= 15 is 0 Å². The molecule has 376 valence electrons. The topological polar surface area (TPSA) is 288 Å². The summed E-state index contributed by atoms with van der Waals surface area (Å²) < 4.78 is 29.0. The average molecular weight is 946 g/mol. The number of carbonyl (C=O) groups excluding carboxylic acids is 2. The lowest BCUT2D eigenvalue weighted by Gasteiger charge is -2.41. The lowest BCUT2D eigenvalue weighted by atomic mass is 9.88. The first-order valence-electron chi connectivity index (χ1n) is 23.0. The van der Waals surface area contributed by atoms with Crippen LogP contribution in [-0.2, 0) is 33.3 Å². The Bertz CT molecular complexity index is 1760. The molecule has 17 nitrogen and oxygen atoms in total. The molecule has 0 aromatic rings. The number of hydrogen-bond donors (Lipinski definition) is 10. The number of rotatable bonds is 5. The Morgan fingerprint density at radius 3 is 1.90 bits per heavy atom. The number of cyclic esters (lactones) is 1. The standard InChI is InChI=1S/C50H75NO16/c1-6-23-63-49(62)44-41(57)28-38-25-36(54)26-40(56)39(55)22-21-34(52)24-35(53)27-43(58)64-32(4)31(3)46(59)30(2)19-17-15-13-11-9-7-8-10-12-14-16-18-20-37(29-42(44)66-38)67-50-48(61)45(51)47(60)33(5)65-50/h6-20,28,30-37,39-42,44-48,50,52-57,59-61H,1,21-27,29,51H2,2-5H3/b8-7+,11-9+,12-10+,15-13+,16-14+,19-17-,20-18+/t30-,31-,32-,33+,34+,35+,36+,37-,39+,40+,41-,42-,44+,45-,46+,47+,48-,50-/m0/s1. The van der Waals surface area contributed by atoms with Crippen LogP contribution in [0.15, 0.2) is 110 Å². The molecule has 0 aromatic carbocycles. The van der Waals surface area contributed by atoms with Gasteiger partial charge in [0.15, 0.2) is 6.29 Å². The normalized spacial score (nSPS) is 41.9. The Morgan fingerprint density at radius 1 is 0.701 bits per heavy atom. The second-order valence-electron chi connectivity index (χ2n) is 17.6. The van der Waals surface area contributed by atoms with Crippen molar-refractivity contribution in [3.63, 3.8) is 0 Å². The molecular weight excluding hydrogens is 871 g/mol. The number of esters is 2. The highest BCUT2D eigenvalue weighted by Gasteiger charge is 2.45. The van der Waals surface area contributed by atoms with Gasteiger partial charge in [-0.05, 0) is 39.2 Å². The van der Waals surface area contributed by atoms with Gasteiger partial charge in [-0.3, -0.25) is 9.59 Å². The summed E-state index contributed by atoms with van der Waals surface area (Å²) in [5, 5.41) is 97.2. The van der Waals surface area contributed by atoms with Crippen LogP contribution in [-0.4, -0.2) is 156 Å². The van der Waals surface area contributed by atoms with E-state index in [2.05, 4.69) is 6.58 Å². The second kappa shape index (κ2) is 29.7. The van der Waals surface area contributed by atoms with Gasteiger partial charge in [0.2, 0.25) is 0 Å². The van der Waals surface area contributed by atoms with Crippen LogP contribution in [0.4, 0.5) is 0 Å². The van der Waals surface area contributed by atoms with Gasteiger partial charge in [-0.2, -0.15) is 0 Å². The SMILES string of the molecule is C=CCOC(=O)[C@H]1[C@@H]2C[C@@H](O[C@@H]3O[C@H](C)[C@@H](O)[C@H](N)[C@@H]3O)/C=C/C=C/C=C/C=C/C=C/C=C/C=C\[C@H](C)[C@@H](O)[C@@H](C)[C@H](C)OC(=O)C[C@H](O)C[C@H](O)CC[C@@H](O)[C@H](O)C[C@H](O)CC(=C[C@@H]1O)O2. The quantitative estimate of drug-likeness (QED) is 0.140. The molecular formula is C50H75NO16. The number of hydrogen-bond acceptors (Lipinski definition) is 17. The van der Waals surface area contributed by atoms with Crippen molar-refractivity contribution in [1.29, 1.82) is 0 Å². The Labute approximate surface area is 394 Å². The van der Waals surface area contributed by atoms with Gasteiger partial charge in [0.05, 0.1) is 79.3 Å². The predicted molar refractivity (Wildman–Crippen MR) is 249 cm³/mol. The molecule has 0 aliphatic carbocycles.